The molecule has 2 aromatic carbocycles. The number of hydrogen-bond donors (Lipinski definition) is 2. The van der Waals surface area contributed by atoms with Gasteiger partial charge in [0.2, 0.25) is 5.91 Å². The van der Waals surface area contributed by atoms with Gasteiger partial charge < -0.3 is 10.1 Å². The monoisotopic (exact) mass is 382 g/mol. The lowest BCUT2D eigenvalue weighted by Gasteiger charge is -2.17. The van der Waals surface area contributed by atoms with Crippen LogP contribution in [0.5, 0.6) is 5.75 Å². The van der Waals surface area contributed by atoms with Gasteiger partial charge in [0.25, 0.3) is 0 Å². The zero-order valence-corrected chi connectivity index (χ0v) is 16.3. The first-order valence-electron chi connectivity index (χ1n) is 8.64. The maximum atomic E-state index is 12.6. The van der Waals surface area contributed by atoms with Crippen molar-refractivity contribution in [2.75, 3.05) is 7.11 Å². The van der Waals surface area contributed by atoms with Crippen LogP contribution in [0.15, 0.2) is 48.5 Å². The zero-order valence-electron chi connectivity index (χ0n) is 15.5. The molecule has 3 rings (SSSR count). The molecule has 0 aliphatic carbocycles. The van der Waals surface area contributed by atoms with Gasteiger partial charge in [-0.2, -0.15) is 5.10 Å². The van der Waals surface area contributed by atoms with Crippen LogP contribution in [0.2, 0.25) is 0 Å². The molecule has 0 aliphatic rings. The number of amides is 1. The molecule has 0 saturated heterocycles. The summed E-state index contributed by atoms with van der Waals surface area (Å²) in [6, 6.07) is 15.4. The largest absolute Gasteiger partial charge is 0.497 e. The van der Waals surface area contributed by atoms with Crippen molar-refractivity contribution in [3.05, 3.63) is 64.4 Å². The summed E-state index contributed by atoms with van der Waals surface area (Å²) in [6.07, 6.45) is 0. The molecule has 0 radical (unpaired) electrons. The predicted octanol–water partition coefficient (Wildman–Crippen LogP) is 3.80. The summed E-state index contributed by atoms with van der Waals surface area (Å²) in [5, 5.41) is 10.1. The van der Waals surface area contributed by atoms with E-state index >= 15 is 0 Å². The fourth-order valence-electron chi connectivity index (χ4n) is 3.01. The van der Waals surface area contributed by atoms with E-state index in [-0.39, 0.29) is 18.5 Å². The van der Waals surface area contributed by atoms with Crippen LogP contribution in [0.25, 0.3) is 11.4 Å². The van der Waals surface area contributed by atoms with Crippen molar-refractivity contribution in [1.82, 2.24) is 20.1 Å². The molecular formula is C20H22N4O2S. The van der Waals surface area contributed by atoms with E-state index in [9.17, 15) is 4.79 Å². The van der Waals surface area contributed by atoms with E-state index in [0.29, 0.717) is 10.6 Å². The number of methoxy groups -OCH3 is 1. The Morgan fingerprint density at radius 2 is 1.96 bits per heavy atom. The van der Waals surface area contributed by atoms with E-state index in [1.54, 1.807) is 11.7 Å². The molecule has 140 valence electrons. The van der Waals surface area contributed by atoms with Crippen LogP contribution in [-0.4, -0.2) is 27.8 Å². The van der Waals surface area contributed by atoms with Crippen LogP contribution in [0.3, 0.4) is 0 Å². The normalized spacial score (nSPS) is 11.8. The number of H-pyrrole nitrogens is 1. The number of hydrogen-bond acceptors (Lipinski definition) is 4. The number of nitrogens with zero attached hydrogens (tertiary/aromatic N) is 2. The van der Waals surface area contributed by atoms with E-state index < -0.39 is 0 Å². The van der Waals surface area contributed by atoms with Gasteiger partial charge in [-0.25, -0.2) is 0 Å². The van der Waals surface area contributed by atoms with Crippen LogP contribution >= 0.6 is 12.2 Å². The minimum absolute atomic E-state index is 0.0902. The number of carbonyl (C=O) groups excluding carboxylic acids is 1. The van der Waals surface area contributed by atoms with Crippen LogP contribution < -0.4 is 10.1 Å². The van der Waals surface area contributed by atoms with Crippen molar-refractivity contribution in [3.63, 3.8) is 0 Å². The van der Waals surface area contributed by atoms with Gasteiger partial charge in [0, 0.05) is 5.56 Å². The summed E-state index contributed by atoms with van der Waals surface area (Å²) in [6.45, 7) is 4.10. The van der Waals surface area contributed by atoms with Gasteiger partial charge in [-0.1, -0.05) is 24.3 Å². The minimum Gasteiger partial charge on any atom is -0.497 e. The van der Waals surface area contributed by atoms with Gasteiger partial charge >= 0.3 is 0 Å². The summed E-state index contributed by atoms with van der Waals surface area (Å²) in [7, 11) is 1.62. The lowest BCUT2D eigenvalue weighted by Crippen LogP contribution is -2.30. The maximum Gasteiger partial charge on any atom is 0.240 e. The van der Waals surface area contributed by atoms with Crippen molar-refractivity contribution in [3.8, 4) is 17.1 Å². The predicted molar refractivity (Wildman–Crippen MR) is 107 cm³/mol. The highest BCUT2D eigenvalue weighted by Crippen LogP contribution is 2.21. The highest BCUT2D eigenvalue weighted by Gasteiger charge is 2.15. The maximum absolute atomic E-state index is 12.6. The molecular weight excluding hydrogens is 360 g/mol. The third-order valence-electron chi connectivity index (χ3n) is 4.44. The first-order valence-corrected chi connectivity index (χ1v) is 9.05. The second kappa shape index (κ2) is 8.18. The van der Waals surface area contributed by atoms with Crippen molar-refractivity contribution in [2.24, 2.45) is 0 Å². The van der Waals surface area contributed by atoms with Crippen LogP contribution in [0.4, 0.5) is 0 Å². The average molecular weight is 382 g/mol. The number of benzene rings is 2. The van der Waals surface area contributed by atoms with Crippen LogP contribution in [0.1, 0.15) is 24.1 Å². The van der Waals surface area contributed by atoms with Gasteiger partial charge in [-0.05, 0) is 61.5 Å². The fourth-order valence-corrected chi connectivity index (χ4v) is 3.20. The number of aryl methyl sites for hydroxylation is 1. The van der Waals surface area contributed by atoms with Crippen LogP contribution in [0, 0.1) is 11.7 Å². The Hall–Kier alpha value is -2.93. The topological polar surface area (TPSA) is 71.9 Å². The molecule has 1 heterocycles. The molecule has 0 fully saturated rings. The molecule has 27 heavy (non-hydrogen) atoms. The molecule has 7 heteroatoms. The van der Waals surface area contributed by atoms with Gasteiger partial charge in [-0.3, -0.25) is 14.5 Å². The third-order valence-corrected chi connectivity index (χ3v) is 4.75. The van der Waals surface area contributed by atoms with Crippen molar-refractivity contribution in [1.29, 1.82) is 0 Å². The zero-order chi connectivity index (χ0) is 19.4. The van der Waals surface area contributed by atoms with E-state index in [1.807, 2.05) is 62.4 Å². The molecule has 1 atom stereocenters. The molecule has 1 unspecified atom stereocenters. The number of carbonyl (C=O) groups is 1. The molecule has 6 nitrogen and oxygen atoms in total. The molecule has 2 N–H and O–H groups in total. The first-order chi connectivity index (χ1) is 13.0. The Kier molecular flexibility index (Phi) is 5.71. The van der Waals surface area contributed by atoms with Crippen molar-refractivity contribution < 1.29 is 9.53 Å². The molecule has 1 aromatic heterocycles. The van der Waals surface area contributed by atoms with Crippen LogP contribution in [-0.2, 0) is 11.3 Å². The highest BCUT2D eigenvalue weighted by molar-refractivity contribution is 7.71. The second-order valence-corrected chi connectivity index (χ2v) is 6.70. The Morgan fingerprint density at radius 1 is 1.26 bits per heavy atom. The molecule has 0 aliphatic heterocycles. The molecule has 0 spiro atoms. The summed E-state index contributed by atoms with van der Waals surface area (Å²) in [5.41, 5.74) is 3.09. The summed E-state index contributed by atoms with van der Waals surface area (Å²) < 4.78 is 7.27. The van der Waals surface area contributed by atoms with E-state index in [1.165, 1.54) is 0 Å². The van der Waals surface area contributed by atoms with E-state index in [4.69, 9.17) is 17.0 Å². The third kappa shape index (κ3) is 4.25. The SMILES string of the molecule is COc1ccc(-c2n[nH]c(=S)n2CC(=O)NC(C)c2ccccc2C)cc1. The summed E-state index contributed by atoms with van der Waals surface area (Å²) in [5.74, 6) is 1.24. The summed E-state index contributed by atoms with van der Waals surface area (Å²) >= 11 is 5.31. The summed E-state index contributed by atoms with van der Waals surface area (Å²) in [4.78, 5) is 12.6. The van der Waals surface area contributed by atoms with E-state index in [2.05, 4.69) is 15.5 Å². The second-order valence-electron chi connectivity index (χ2n) is 6.31. The fraction of sp³-hybridized carbons (Fsp3) is 0.250. The Balaban J connectivity index is 1.77. The van der Waals surface area contributed by atoms with Gasteiger partial charge in [0.1, 0.15) is 12.3 Å². The molecule has 1 amide bonds. The Labute approximate surface area is 163 Å². The molecule has 3 aromatic rings. The Bertz CT molecular complexity index is 992. The quantitative estimate of drug-likeness (QED) is 0.636. The number of nitrogens with one attached hydrogen (secondary N) is 2. The number of ether oxygens (including phenoxy) is 1. The number of aromatic amines is 1. The van der Waals surface area contributed by atoms with Gasteiger partial charge in [-0.15, -0.1) is 0 Å². The van der Waals surface area contributed by atoms with E-state index in [0.717, 1.165) is 22.4 Å². The average Bonchev–Trinajstić information content (AvgIpc) is 3.02. The Morgan fingerprint density at radius 3 is 2.63 bits per heavy atom. The van der Waals surface area contributed by atoms with Crippen molar-refractivity contribution >= 4 is 18.1 Å². The smallest absolute Gasteiger partial charge is 0.240 e. The first kappa shape index (κ1) is 18.8. The lowest BCUT2D eigenvalue weighted by atomic mass is 10.0. The standard InChI is InChI=1S/C20H22N4O2S/c1-13-6-4-5-7-17(13)14(2)21-18(25)12-24-19(22-23-20(24)27)15-8-10-16(26-3)11-9-15/h4-11,14H,12H2,1-3H3,(H,21,25)(H,23,27). The van der Waals surface area contributed by atoms with Crippen molar-refractivity contribution in [2.45, 2.75) is 26.4 Å². The molecule has 0 saturated carbocycles. The van der Waals surface area contributed by atoms with Gasteiger partial charge in [0.05, 0.1) is 13.2 Å². The minimum atomic E-state index is -0.127. The lowest BCUT2D eigenvalue weighted by molar-refractivity contribution is -0.122. The highest BCUT2D eigenvalue weighted by atomic mass is 32.1. The molecule has 0 bridgehead atoms. The number of aromatic nitrogens is 3. The number of rotatable bonds is 6. The van der Waals surface area contributed by atoms with Gasteiger partial charge in [0.15, 0.2) is 10.6 Å².